The molecule has 102 valence electrons. The molecule has 0 unspecified atom stereocenters. The first kappa shape index (κ1) is 13.6. The van der Waals surface area contributed by atoms with Crippen LogP contribution in [-0.4, -0.2) is 11.8 Å². The van der Waals surface area contributed by atoms with Gasteiger partial charge in [-0.2, -0.15) is 0 Å². The van der Waals surface area contributed by atoms with Crippen molar-refractivity contribution in [2.24, 2.45) is 5.92 Å². The Morgan fingerprint density at radius 2 is 1.84 bits per heavy atom. The summed E-state index contributed by atoms with van der Waals surface area (Å²) in [4.78, 5) is 23.1. The molecule has 2 rings (SSSR count). The molecule has 0 radical (unpaired) electrons. The van der Waals surface area contributed by atoms with E-state index in [-0.39, 0.29) is 17.7 Å². The van der Waals surface area contributed by atoms with Gasteiger partial charge < -0.3 is 10.6 Å². The minimum absolute atomic E-state index is 0.0927. The molecule has 0 bridgehead atoms. The molecular formula is C15H20N2O2. The summed E-state index contributed by atoms with van der Waals surface area (Å²) < 4.78 is 0. The maximum absolute atomic E-state index is 12.0. The summed E-state index contributed by atoms with van der Waals surface area (Å²) in [6.07, 6.45) is 4.25. The molecule has 1 fully saturated rings. The van der Waals surface area contributed by atoms with E-state index < -0.39 is 0 Å². The first-order valence-electron chi connectivity index (χ1n) is 6.75. The molecule has 19 heavy (non-hydrogen) atoms. The van der Waals surface area contributed by atoms with Crippen molar-refractivity contribution in [2.45, 2.75) is 39.5 Å². The van der Waals surface area contributed by atoms with Gasteiger partial charge in [-0.3, -0.25) is 9.59 Å². The first-order chi connectivity index (χ1) is 9.06. The highest BCUT2D eigenvalue weighted by molar-refractivity contribution is 5.95. The molecule has 0 aromatic heterocycles. The summed E-state index contributed by atoms with van der Waals surface area (Å²) >= 11 is 0. The third-order valence-electron chi connectivity index (χ3n) is 3.54. The molecule has 1 aromatic rings. The predicted octanol–water partition coefficient (Wildman–Crippen LogP) is 3.08. The number of carbonyl (C=O) groups excluding carboxylic acids is 2. The zero-order chi connectivity index (χ0) is 13.8. The lowest BCUT2D eigenvalue weighted by atomic mass is 10.1. The molecule has 0 spiro atoms. The summed E-state index contributed by atoms with van der Waals surface area (Å²) in [6, 6.07) is 5.58. The van der Waals surface area contributed by atoms with Gasteiger partial charge >= 0.3 is 0 Å². The van der Waals surface area contributed by atoms with Crippen molar-refractivity contribution in [1.29, 1.82) is 0 Å². The van der Waals surface area contributed by atoms with Crippen LogP contribution in [0.25, 0.3) is 0 Å². The van der Waals surface area contributed by atoms with E-state index in [1.165, 1.54) is 6.92 Å². The van der Waals surface area contributed by atoms with Crippen LogP contribution in [0, 0.1) is 12.8 Å². The lowest BCUT2D eigenvalue weighted by Gasteiger charge is -2.13. The quantitative estimate of drug-likeness (QED) is 0.877. The van der Waals surface area contributed by atoms with Gasteiger partial charge in [0.1, 0.15) is 0 Å². The molecule has 0 aliphatic heterocycles. The number of amides is 2. The summed E-state index contributed by atoms with van der Waals surface area (Å²) in [5.41, 5.74) is 2.47. The van der Waals surface area contributed by atoms with Crippen molar-refractivity contribution >= 4 is 23.2 Å². The number of nitrogens with one attached hydrogen (secondary N) is 2. The Kier molecular flexibility index (Phi) is 4.20. The highest BCUT2D eigenvalue weighted by atomic mass is 16.2. The van der Waals surface area contributed by atoms with E-state index in [9.17, 15) is 9.59 Å². The molecule has 4 heteroatoms. The van der Waals surface area contributed by atoms with E-state index in [1.54, 1.807) is 0 Å². The Balaban J connectivity index is 2.07. The molecule has 1 aliphatic carbocycles. The van der Waals surface area contributed by atoms with Crippen molar-refractivity contribution in [2.75, 3.05) is 10.6 Å². The summed E-state index contributed by atoms with van der Waals surface area (Å²) in [7, 11) is 0. The molecule has 2 N–H and O–H groups in total. The Hall–Kier alpha value is -1.84. The Labute approximate surface area is 113 Å². The van der Waals surface area contributed by atoms with Gasteiger partial charge in [0, 0.05) is 24.2 Å². The van der Waals surface area contributed by atoms with Crippen LogP contribution in [-0.2, 0) is 9.59 Å². The number of hydrogen-bond donors (Lipinski definition) is 2. The number of anilines is 2. The standard InChI is InChI=1S/C15H20N2O2/c1-10-7-8-13(9-14(10)16-11(2)18)17-15(19)12-5-3-4-6-12/h7-9,12H,3-6H2,1-2H3,(H,16,18)(H,17,19). The van der Waals surface area contributed by atoms with Crippen LogP contribution in [0.2, 0.25) is 0 Å². The smallest absolute Gasteiger partial charge is 0.227 e. The van der Waals surface area contributed by atoms with Gasteiger partial charge in [0.2, 0.25) is 11.8 Å². The van der Waals surface area contributed by atoms with Crippen molar-refractivity contribution in [1.82, 2.24) is 0 Å². The van der Waals surface area contributed by atoms with E-state index in [4.69, 9.17) is 0 Å². The largest absolute Gasteiger partial charge is 0.326 e. The third-order valence-corrected chi connectivity index (χ3v) is 3.54. The molecule has 2 amide bonds. The zero-order valence-electron chi connectivity index (χ0n) is 11.5. The Morgan fingerprint density at radius 3 is 2.47 bits per heavy atom. The number of aryl methyl sites for hydroxylation is 1. The minimum Gasteiger partial charge on any atom is -0.326 e. The van der Waals surface area contributed by atoms with Crippen molar-refractivity contribution in [3.63, 3.8) is 0 Å². The topological polar surface area (TPSA) is 58.2 Å². The predicted molar refractivity (Wildman–Crippen MR) is 76.1 cm³/mol. The molecular weight excluding hydrogens is 240 g/mol. The number of benzene rings is 1. The van der Waals surface area contributed by atoms with Crippen LogP contribution in [0.3, 0.4) is 0 Å². The number of rotatable bonds is 3. The fourth-order valence-electron chi connectivity index (χ4n) is 2.46. The molecule has 1 saturated carbocycles. The average Bonchev–Trinajstić information content (AvgIpc) is 2.86. The van der Waals surface area contributed by atoms with Gasteiger partial charge in [0.05, 0.1) is 0 Å². The van der Waals surface area contributed by atoms with E-state index in [0.717, 1.165) is 42.6 Å². The molecule has 0 atom stereocenters. The van der Waals surface area contributed by atoms with Crippen molar-refractivity contribution in [3.05, 3.63) is 23.8 Å². The minimum atomic E-state index is -0.109. The number of hydrogen-bond acceptors (Lipinski definition) is 2. The van der Waals surface area contributed by atoms with Gasteiger partial charge in [-0.15, -0.1) is 0 Å². The normalized spacial score (nSPS) is 15.3. The SMILES string of the molecule is CC(=O)Nc1cc(NC(=O)C2CCCC2)ccc1C. The zero-order valence-corrected chi connectivity index (χ0v) is 11.5. The monoisotopic (exact) mass is 260 g/mol. The van der Waals surface area contributed by atoms with E-state index in [0.29, 0.717) is 0 Å². The van der Waals surface area contributed by atoms with Gasteiger partial charge in [-0.1, -0.05) is 18.9 Å². The summed E-state index contributed by atoms with van der Waals surface area (Å²) in [6.45, 7) is 3.40. The van der Waals surface area contributed by atoms with Crippen LogP contribution in [0.4, 0.5) is 11.4 Å². The molecule has 0 saturated heterocycles. The lowest BCUT2D eigenvalue weighted by Crippen LogP contribution is -2.20. The Bertz CT molecular complexity index is 491. The van der Waals surface area contributed by atoms with E-state index in [1.807, 2.05) is 25.1 Å². The van der Waals surface area contributed by atoms with Gasteiger partial charge in [0.25, 0.3) is 0 Å². The van der Waals surface area contributed by atoms with Crippen molar-refractivity contribution in [3.8, 4) is 0 Å². The van der Waals surface area contributed by atoms with Crippen molar-refractivity contribution < 1.29 is 9.59 Å². The fraction of sp³-hybridized carbons (Fsp3) is 0.467. The lowest BCUT2D eigenvalue weighted by molar-refractivity contribution is -0.119. The van der Waals surface area contributed by atoms with Gasteiger partial charge in [0.15, 0.2) is 0 Å². The maximum Gasteiger partial charge on any atom is 0.227 e. The fourth-order valence-corrected chi connectivity index (χ4v) is 2.46. The molecule has 0 heterocycles. The van der Waals surface area contributed by atoms with Crippen LogP contribution in [0.1, 0.15) is 38.2 Å². The van der Waals surface area contributed by atoms with E-state index >= 15 is 0 Å². The second-order valence-corrected chi connectivity index (χ2v) is 5.18. The van der Waals surface area contributed by atoms with Crippen LogP contribution >= 0.6 is 0 Å². The molecule has 1 aromatic carbocycles. The highest BCUT2D eigenvalue weighted by Gasteiger charge is 2.22. The summed E-state index contributed by atoms with van der Waals surface area (Å²) in [5.74, 6) is 0.128. The first-order valence-corrected chi connectivity index (χ1v) is 6.75. The van der Waals surface area contributed by atoms with Gasteiger partial charge in [-0.05, 0) is 37.5 Å². The second-order valence-electron chi connectivity index (χ2n) is 5.18. The Morgan fingerprint density at radius 1 is 1.16 bits per heavy atom. The van der Waals surface area contributed by atoms with Crippen LogP contribution in [0.5, 0.6) is 0 Å². The second kappa shape index (κ2) is 5.87. The maximum atomic E-state index is 12.0. The average molecular weight is 260 g/mol. The molecule has 4 nitrogen and oxygen atoms in total. The van der Waals surface area contributed by atoms with E-state index in [2.05, 4.69) is 10.6 Å². The third kappa shape index (κ3) is 3.56. The van der Waals surface area contributed by atoms with Crippen LogP contribution in [0.15, 0.2) is 18.2 Å². The molecule has 1 aliphatic rings. The van der Waals surface area contributed by atoms with Crippen LogP contribution < -0.4 is 10.6 Å². The van der Waals surface area contributed by atoms with Gasteiger partial charge in [-0.25, -0.2) is 0 Å². The summed E-state index contributed by atoms with van der Waals surface area (Å²) in [5, 5.41) is 5.70. The number of carbonyl (C=O) groups is 2. The highest BCUT2D eigenvalue weighted by Crippen LogP contribution is 2.27.